The number of amides is 1. The van der Waals surface area contributed by atoms with Gasteiger partial charge in [0.2, 0.25) is 0 Å². The van der Waals surface area contributed by atoms with Crippen molar-refractivity contribution in [3.05, 3.63) is 24.0 Å². The summed E-state index contributed by atoms with van der Waals surface area (Å²) in [6.07, 6.45) is 6.30. The molecule has 2 rings (SSSR count). The summed E-state index contributed by atoms with van der Waals surface area (Å²) in [6, 6.07) is 4.01. The molecule has 5 heteroatoms. The van der Waals surface area contributed by atoms with E-state index in [1.54, 1.807) is 12.3 Å². The Morgan fingerprint density at radius 1 is 1.38 bits per heavy atom. The number of carbonyl (C=O) groups is 1. The van der Waals surface area contributed by atoms with E-state index in [-0.39, 0.29) is 5.91 Å². The lowest BCUT2D eigenvalue weighted by Crippen LogP contribution is -2.39. The molecule has 21 heavy (non-hydrogen) atoms. The molecule has 0 spiro atoms. The number of thioether (sulfide) groups is 1. The van der Waals surface area contributed by atoms with Crippen LogP contribution in [0, 0.1) is 0 Å². The van der Waals surface area contributed by atoms with Gasteiger partial charge in [0.1, 0.15) is 5.69 Å². The van der Waals surface area contributed by atoms with E-state index in [1.807, 2.05) is 17.8 Å². The maximum atomic E-state index is 12.3. The molecule has 0 aromatic carbocycles. The van der Waals surface area contributed by atoms with Gasteiger partial charge in [-0.1, -0.05) is 20.3 Å². The first kappa shape index (κ1) is 16.1. The highest BCUT2D eigenvalue weighted by atomic mass is 32.2. The van der Waals surface area contributed by atoms with E-state index < -0.39 is 0 Å². The van der Waals surface area contributed by atoms with E-state index in [0.29, 0.717) is 17.0 Å². The highest BCUT2D eigenvalue weighted by Crippen LogP contribution is 2.30. The quantitative estimate of drug-likeness (QED) is 0.811. The molecule has 4 nitrogen and oxygen atoms in total. The fourth-order valence-electron chi connectivity index (χ4n) is 2.65. The summed E-state index contributed by atoms with van der Waals surface area (Å²) in [5, 5.41) is 6.97. The van der Waals surface area contributed by atoms with Gasteiger partial charge in [0, 0.05) is 17.8 Å². The molecule has 1 amide bonds. The molecular formula is C16H25N3OS. The first-order chi connectivity index (χ1) is 10.2. The molecule has 116 valence electrons. The second-order valence-corrected chi connectivity index (χ2v) is 6.88. The molecule has 0 saturated heterocycles. The number of pyridine rings is 1. The number of aromatic nitrogens is 1. The van der Waals surface area contributed by atoms with Gasteiger partial charge in [0.25, 0.3) is 5.91 Å². The summed E-state index contributed by atoms with van der Waals surface area (Å²) in [4.78, 5) is 16.5. The van der Waals surface area contributed by atoms with Crippen molar-refractivity contribution < 1.29 is 4.79 Å². The number of rotatable bonds is 7. The second kappa shape index (κ2) is 8.27. The molecule has 1 aliphatic rings. The van der Waals surface area contributed by atoms with Crippen LogP contribution in [0.1, 0.15) is 50.0 Å². The maximum Gasteiger partial charge on any atom is 0.270 e. The van der Waals surface area contributed by atoms with Crippen molar-refractivity contribution in [3.63, 3.8) is 0 Å². The molecule has 1 heterocycles. The standard InChI is InChI=1S/C16H25N3OS/c1-3-10-17-12-8-9-14(18-11-12)16(20)19-13-6-5-7-15(13)21-4-2/h8-9,11,13,15,17H,3-7,10H2,1-2H3,(H,19,20). The molecule has 0 bridgehead atoms. The summed E-state index contributed by atoms with van der Waals surface area (Å²) in [6.45, 7) is 5.21. The van der Waals surface area contributed by atoms with Crippen LogP contribution in [-0.4, -0.2) is 34.5 Å². The Balaban J connectivity index is 1.90. The number of nitrogens with one attached hydrogen (secondary N) is 2. The highest BCUT2D eigenvalue weighted by molar-refractivity contribution is 7.99. The zero-order chi connectivity index (χ0) is 15.1. The molecule has 1 saturated carbocycles. The third kappa shape index (κ3) is 4.63. The molecule has 1 aromatic rings. The fourth-order valence-corrected chi connectivity index (χ4v) is 3.85. The van der Waals surface area contributed by atoms with Crippen molar-refractivity contribution in [1.29, 1.82) is 0 Å². The minimum atomic E-state index is -0.0503. The van der Waals surface area contributed by atoms with E-state index >= 15 is 0 Å². The van der Waals surface area contributed by atoms with Gasteiger partial charge in [-0.05, 0) is 37.1 Å². The molecule has 0 radical (unpaired) electrons. The zero-order valence-corrected chi connectivity index (χ0v) is 13.7. The summed E-state index contributed by atoms with van der Waals surface area (Å²) in [5.41, 5.74) is 1.47. The summed E-state index contributed by atoms with van der Waals surface area (Å²) < 4.78 is 0. The van der Waals surface area contributed by atoms with E-state index in [9.17, 15) is 4.79 Å². The predicted molar refractivity (Wildman–Crippen MR) is 90.0 cm³/mol. The minimum absolute atomic E-state index is 0.0503. The fraction of sp³-hybridized carbons (Fsp3) is 0.625. The van der Waals surface area contributed by atoms with Gasteiger partial charge in [-0.2, -0.15) is 11.8 Å². The van der Waals surface area contributed by atoms with Crippen LogP contribution in [-0.2, 0) is 0 Å². The molecule has 2 atom stereocenters. The Morgan fingerprint density at radius 2 is 2.24 bits per heavy atom. The maximum absolute atomic E-state index is 12.3. The van der Waals surface area contributed by atoms with Gasteiger partial charge in [-0.25, -0.2) is 4.98 Å². The zero-order valence-electron chi connectivity index (χ0n) is 12.9. The molecular weight excluding hydrogens is 282 g/mol. The van der Waals surface area contributed by atoms with E-state index in [0.717, 1.165) is 30.8 Å². The van der Waals surface area contributed by atoms with Crippen molar-refractivity contribution in [2.24, 2.45) is 0 Å². The van der Waals surface area contributed by atoms with Crippen LogP contribution in [0.2, 0.25) is 0 Å². The topological polar surface area (TPSA) is 54.0 Å². The lowest BCUT2D eigenvalue weighted by atomic mass is 10.2. The highest BCUT2D eigenvalue weighted by Gasteiger charge is 2.28. The lowest BCUT2D eigenvalue weighted by Gasteiger charge is -2.19. The number of anilines is 1. The first-order valence-corrected chi connectivity index (χ1v) is 8.91. The summed E-state index contributed by atoms with van der Waals surface area (Å²) >= 11 is 1.95. The van der Waals surface area contributed by atoms with Gasteiger partial charge in [-0.15, -0.1) is 0 Å². The van der Waals surface area contributed by atoms with Crippen molar-refractivity contribution >= 4 is 23.4 Å². The summed E-state index contributed by atoms with van der Waals surface area (Å²) in [5.74, 6) is 1.05. The van der Waals surface area contributed by atoms with Crippen molar-refractivity contribution in [2.45, 2.75) is 50.8 Å². The predicted octanol–water partition coefficient (Wildman–Crippen LogP) is 3.31. The van der Waals surface area contributed by atoms with E-state index in [1.165, 1.54) is 12.8 Å². The van der Waals surface area contributed by atoms with Crippen LogP contribution < -0.4 is 10.6 Å². The third-order valence-electron chi connectivity index (χ3n) is 3.73. The average Bonchev–Trinajstić information content (AvgIpc) is 2.93. The van der Waals surface area contributed by atoms with Gasteiger partial charge in [0.05, 0.1) is 11.9 Å². The molecule has 2 unspecified atom stereocenters. The lowest BCUT2D eigenvalue weighted by molar-refractivity contribution is 0.0933. The Kier molecular flexibility index (Phi) is 6.36. The number of nitrogens with zero attached hydrogens (tertiary/aromatic N) is 1. The van der Waals surface area contributed by atoms with Crippen LogP contribution in [0.15, 0.2) is 18.3 Å². The molecule has 0 aliphatic heterocycles. The van der Waals surface area contributed by atoms with Crippen LogP contribution in [0.5, 0.6) is 0 Å². The number of carbonyl (C=O) groups excluding carboxylic acids is 1. The first-order valence-electron chi connectivity index (χ1n) is 7.87. The molecule has 1 fully saturated rings. The van der Waals surface area contributed by atoms with Crippen molar-refractivity contribution in [3.8, 4) is 0 Å². The summed E-state index contributed by atoms with van der Waals surface area (Å²) in [7, 11) is 0. The second-order valence-electron chi connectivity index (χ2n) is 5.36. The van der Waals surface area contributed by atoms with Gasteiger partial charge in [0.15, 0.2) is 0 Å². The minimum Gasteiger partial charge on any atom is -0.384 e. The molecule has 2 N–H and O–H groups in total. The van der Waals surface area contributed by atoms with Crippen molar-refractivity contribution in [1.82, 2.24) is 10.3 Å². The van der Waals surface area contributed by atoms with E-state index in [4.69, 9.17) is 0 Å². The molecule has 1 aliphatic carbocycles. The molecule has 1 aromatic heterocycles. The Labute approximate surface area is 131 Å². The van der Waals surface area contributed by atoms with Gasteiger partial charge in [-0.3, -0.25) is 4.79 Å². The normalized spacial score (nSPS) is 21.2. The van der Waals surface area contributed by atoms with Crippen LogP contribution in [0.25, 0.3) is 0 Å². The Hall–Kier alpha value is -1.23. The number of hydrogen-bond acceptors (Lipinski definition) is 4. The Bertz CT molecular complexity index is 449. The number of hydrogen-bond donors (Lipinski definition) is 2. The van der Waals surface area contributed by atoms with Gasteiger partial charge >= 0.3 is 0 Å². The van der Waals surface area contributed by atoms with Crippen LogP contribution in [0.4, 0.5) is 5.69 Å². The SMILES string of the molecule is CCCNc1ccc(C(=O)NC2CCCC2SCC)nc1. The van der Waals surface area contributed by atoms with Crippen LogP contribution >= 0.6 is 11.8 Å². The Morgan fingerprint density at radius 3 is 2.90 bits per heavy atom. The largest absolute Gasteiger partial charge is 0.384 e. The monoisotopic (exact) mass is 307 g/mol. The van der Waals surface area contributed by atoms with Crippen molar-refractivity contribution in [2.75, 3.05) is 17.6 Å². The van der Waals surface area contributed by atoms with E-state index in [2.05, 4.69) is 29.5 Å². The smallest absolute Gasteiger partial charge is 0.270 e. The van der Waals surface area contributed by atoms with Crippen LogP contribution in [0.3, 0.4) is 0 Å². The third-order valence-corrected chi connectivity index (χ3v) is 5.05. The average molecular weight is 307 g/mol. The van der Waals surface area contributed by atoms with Gasteiger partial charge < -0.3 is 10.6 Å².